The van der Waals surface area contributed by atoms with Crippen LogP contribution in [0.1, 0.15) is 17.2 Å². The number of hydrogen-bond donors (Lipinski definition) is 1. The molecule has 0 fully saturated rings. The minimum atomic E-state index is -4.43. The van der Waals surface area contributed by atoms with Crippen molar-refractivity contribution in [2.75, 3.05) is 12.4 Å². The molecule has 1 aliphatic rings. The van der Waals surface area contributed by atoms with Crippen molar-refractivity contribution in [1.82, 2.24) is 0 Å². The van der Waals surface area contributed by atoms with E-state index in [1.807, 2.05) is 0 Å². The van der Waals surface area contributed by atoms with Crippen LogP contribution in [0.2, 0.25) is 0 Å². The maximum atomic E-state index is 13.1. The highest BCUT2D eigenvalue weighted by molar-refractivity contribution is 7.86. The molecule has 1 heterocycles. The molecule has 0 spiro atoms. The van der Waals surface area contributed by atoms with E-state index in [9.17, 15) is 17.4 Å². The van der Waals surface area contributed by atoms with E-state index in [1.54, 1.807) is 55.6 Å². The van der Waals surface area contributed by atoms with Crippen molar-refractivity contribution in [3.63, 3.8) is 0 Å². The second-order valence-electron chi connectivity index (χ2n) is 6.70. The van der Waals surface area contributed by atoms with Gasteiger partial charge in [-0.3, -0.25) is 4.21 Å². The van der Waals surface area contributed by atoms with Gasteiger partial charge in [-0.15, -0.1) is 0 Å². The van der Waals surface area contributed by atoms with Crippen LogP contribution in [-0.2, 0) is 17.0 Å². The van der Waals surface area contributed by atoms with Crippen LogP contribution >= 0.6 is 0 Å². The maximum Gasteiger partial charge on any atom is 0.416 e. The highest BCUT2D eigenvalue weighted by atomic mass is 32.2. The Morgan fingerprint density at radius 3 is 2.27 bits per heavy atom. The number of para-hydroxylation sites is 1. The molecule has 4 nitrogen and oxygen atoms in total. The van der Waals surface area contributed by atoms with Crippen molar-refractivity contribution in [3.05, 3.63) is 83.9 Å². The molecule has 0 radical (unpaired) electrons. The van der Waals surface area contributed by atoms with E-state index in [1.165, 1.54) is 12.1 Å². The Morgan fingerprint density at radius 1 is 1.00 bits per heavy atom. The van der Waals surface area contributed by atoms with Crippen LogP contribution in [0, 0.1) is 0 Å². The third kappa shape index (κ3) is 4.00. The maximum absolute atomic E-state index is 13.1. The molecule has 3 atom stereocenters. The van der Waals surface area contributed by atoms with Gasteiger partial charge in [0, 0.05) is 5.69 Å². The van der Waals surface area contributed by atoms with Gasteiger partial charge in [-0.2, -0.15) is 13.2 Å². The van der Waals surface area contributed by atoms with Crippen molar-refractivity contribution in [2.24, 2.45) is 0 Å². The molecule has 0 bridgehead atoms. The molecule has 0 saturated heterocycles. The predicted molar refractivity (Wildman–Crippen MR) is 108 cm³/mol. The van der Waals surface area contributed by atoms with Gasteiger partial charge in [-0.05, 0) is 54.1 Å². The smallest absolute Gasteiger partial charge is 0.416 e. The number of nitrogens with one attached hydrogen (secondary N) is 1. The van der Waals surface area contributed by atoms with Crippen LogP contribution in [0.15, 0.2) is 77.7 Å². The molecule has 0 aromatic heterocycles. The molecule has 0 aliphatic carbocycles. The minimum absolute atomic E-state index is 0.509. The summed E-state index contributed by atoms with van der Waals surface area (Å²) in [4.78, 5) is 0.566. The second kappa shape index (κ2) is 8.02. The number of halogens is 3. The topological polar surface area (TPSA) is 47.6 Å². The molecule has 1 unspecified atom stereocenters. The summed E-state index contributed by atoms with van der Waals surface area (Å²) in [5, 5.41) is 3.26. The number of rotatable bonds is 5. The van der Waals surface area contributed by atoms with Crippen LogP contribution in [0.4, 0.5) is 18.9 Å². The van der Waals surface area contributed by atoms with Crippen molar-refractivity contribution in [2.45, 2.75) is 22.5 Å². The van der Waals surface area contributed by atoms with Crippen LogP contribution in [0.25, 0.3) is 0 Å². The molecule has 0 saturated carbocycles. The van der Waals surface area contributed by atoms with Gasteiger partial charge in [0.15, 0.2) is 0 Å². The molecule has 8 heteroatoms. The van der Waals surface area contributed by atoms with E-state index in [2.05, 4.69) is 5.32 Å². The Balaban J connectivity index is 1.69. The lowest BCUT2D eigenvalue weighted by atomic mass is 10.0. The fourth-order valence-corrected chi connectivity index (χ4v) is 4.69. The molecule has 3 aromatic carbocycles. The lowest BCUT2D eigenvalue weighted by Gasteiger charge is -2.25. The van der Waals surface area contributed by atoms with Crippen LogP contribution in [-0.4, -0.2) is 16.8 Å². The van der Waals surface area contributed by atoms with Gasteiger partial charge < -0.3 is 14.8 Å². The van der Waals surface area contributed by atoms with Crippen LogP contribution in [0.5, 0.6) is 11.5 Å². The Hall–Kier alpha value is -3.00. The van der Waals surface area contributed by atoms with E-state index in [4.69, 9.17) is 9.47 Å². The molecule has 3 aromatic rings. The second-order valence-corrected chi connectivity index (χ2v) is 8.20. The molecule has 156 valence electrons. The predicted octanol–water partition coefficient (Wildman–Crippen LogP) is 5.39. The number of hydrogen-bond acceptors (Lipinski definition) is 4. The van der Waals surface area contributed by atoms with E-state index in [0.29, 0.717) is 27.6 Å². The molecule has 0 amide bonds. The van der Waals surface area contributed by atoms with E-state index < -0.39 is 34.0 Å². The Labute approximate surface area is 174 Å². The highest BCUT2D eigenvalue weighted by Crippen LogP contribution is 2.39. The minimum Gasteiger partial charge on any atom is -0.497 e. The number of alkyl halides is 3. The summed E-state index contributed by atoms with van der Waals surface area (Å²) in [6.07, 6.45) is -4.43. The SMILES string of the molecule is COc1ccc(N[C@H](c2ccc(C(F)(F)F)cc2)[C@H]2Oc3ccccc3S2=O)cc1. The lowest BCUT2D eigenvalue weighted by molar-refractivity contribution is -0.137. The average molecular weight is 433 g/mol. The summed E-state index contributed by atoms with van der Waals surface area (Å²) in [6.45, 7) is 0. The van der Waals surface area contributed by atoms with Crippen LogP contribution in [0.3, 0.4) is 0 Å². The fourth-order valence-electron chi connectivity index (χ4n) is 3.25. The summed E-state index contributed by atoms with van der Waals surface area (Å²) >= 11 is 0. The Morgan fingerprint density at radius 2 is 1.67 bits per heavy atom. The first-order valence-electron chi connectivity index (χ1n) is 9.11. The van der Waals surface area contributed by atoms with Crippen molar-refractivity contribution in [3.8, 4) is 11.5 Å². The van der Waals surface area contributed by atoms with Crippen molar-refractivity contribution < 1.29 is 26.9 Å². The standard InChI is InChI=1S/C22H18F3NO3S/c1-28-17-12-10-16(11-13-17)26-20(14-6-8-15(9-7-14)22(23,24)25)21-29-18-4-2-3-5-19(18)30(21)27/h2-13,20-21,26H,1H3/t20-,21+,30?/m1/s1. The zero-order chi connectivity index (χ0) is 21.3. The fraction of sp³-hybridized carbons (Fsp3) is 0.182. The first kappa shape index (κ1) is 20.3. The number of methoxy groups -OCH3 is 1. The summed E-state index contributed by atoms with van der Waals surface area (Å²) in [5.74, 6) is 1.18. The van der Waals surface area contributed by atoms with Gasteiger partial charge in [0.2, 0.25) is 5.44 Å². The van der Waals surface area contributed by atoms with Crippen molar-refractivity contribution in [1.29, 1.82) is 0 Å². The molecular formula is C22H18F3NO3S. The third-order valence-corrected chi connectivity index (χ3v) is 6.36. The van der Waals surface area contributed by atoms with Gasteiger partial charge in [0.05, 0.1) is 17.6 Å². The first-order chi connectivity index (χ1) is 14.4. The van der Waals surface area contributed by atoms with E-state index in [-0.39, 0.29) is 0 Å². The van der Waals surface area contributed by atoms with Crippen molar-refractivity contribution >= 4 is 16.5 Å². The molecule has 4 rings (SSSR count). The van der Waals surface area contributed by atoms with Gasteiger partial charge in [-0.25, -0.2) is 0 Å². The number of benzene rings is 3. The Kier molecular flexibility index (Phi) is 5.42. The Bertz CT molecular complexity index is 1050. The molecule has 30 heavy (non-hydrogen) atoms. The van der Waals surface area contributed by atoms with Gasteiger partial charge in [0.1, 0.15) is 28.3 Å². The largest absolute Gasteiger partial charge is 0.497 e. The molecular weight excluding hydrogens is 415 g/mol. The summed E-state index contributed by atoms with van der Waals surface area (Å²) in [7, 11) is 0.0559. The normalized spacial score (nSPS) is 18.9. The zero-order valence-electron chi connectivity index (χ0n) is 15.8. The molecule has 1 N–H and O–H groups in total. The van der Waals surface area contributed by atoms with Gasteiger partial charge in [-0.1, -0.05) is 24.3 Å². The van der Waals surface area contributed by atoms with Crippen LogP contribution < -0.4 is 14.8 Å². The van der Waals surface area contributed by atoms with E-state index in [0.717, 1.165) is 12.1 Å². The van der Waals surface area contributed by atoms with Gasteiger partial charge in [0.25, 0.3) is 0 Å². The quantitative estimate of drug-likeness (QED) is 0.586. The number of fused-ring (bicyclic) bond motifs is 1. The molecule has 1 aliphatic heterocycles. The zero-order valence-corrected chi connectivity index (χ0v) is 16.7. The lowest BCUT2D eigenvalue weighted by Crippen LogP contribution is -2.31. The monoisotopic (exact) mass is 433 g/mol. The summed E-state index contributed by atoms with van der Waals surface area (Å²) in [5.41, 5.74) is -0.324. The first-order valence-corrected chi connectivity index (χ1v) is 10.3. The van der Waals surface area contributed by atoms with Gasteiger partial charge >= 0.3 is 6.18 Å². The summed E-state index contributed by atoms with van der Waals surface area (Å²) in [6, 6.07) is 18.2. The number of ether oxygens (including phenoxy) is 2. The van der Waals surface area contributed by atoms with E-state index >= 15 is 0 Å². The summed E-state index contributed by atoms with van der Waals surface area (Å²) < 4.78 is 63.1. The number of anilines is 1. The highest BCUT2D eigenvalue weighted by Gasteiger charge is 2.39. The average Bonchev–Trinajstić information content (AvgIpc) is 3.08. The third-order valence-electron chi connectivity index (χ3n) is 4.80.